The highest BCUT2D eigenvalue weighted by Gasteiger charge is 2.48. The van der Waals surface area contributed by atoms with Gasteiger partial charge in [-0.2, -0.15) is 0 Å². The summed E-state index contributed by atoms with van der Waals surface area (Å²) in [6.45, 7) is 6.35. The van der Waals surface area contributed by atoms with Crippen LogP contribution in [0.25, 0.3) is 0 Å². The molecule has 0 radical (unpaired) electrons. The normalized spacial score (nSPS) is 34.9. The summed E-state index contributed by atoms with van der Waals surface area (Å²) in [5.74, 6) is 1.93. The van der Waals surface area contributed by atoms with E-state index in [1.54, 1.807) is 0 Å². The van der Waals surface area contributed by atoms with Crippen molar-refractivity contribution in [3.63, 3.8) is 0 Å². The van der Waals surface area contributed by atoms with Gasteiger partial charge in [-0.15, -0.1) is 0 Å². The van der Waals surface area contributed by atoms with Gasteiger partial charge in [0.05, 0.1) is 5.69 Å². The van der Waals surface area contributed by atoms with Gasteiger partial charge in [0, 0.05) is 24.0 Å². The van der Waals surface area contributed by atoms with Crippen LogP contribution in [0, 0.1) is 18.8 Å². The number of ketones is 1. The third kappa shape index (κ3) is 1.53. The molecule has 0 unspecified atom stereocenters. The number of Topliss-reactive ketones (excluding diaryl/α,β-unsaturated/α-hetero) is 1. The maximum atomic E-state index is 11.9. The Morgan fingerprint density at radius 2 is 2.17 bits per heavy atom. The molecule has 0 bridgehead atoms. The van der Waals surface area contributed by atoms with Crippen LogP contribution in [-0.4, -0.2) is 15.8 Å². The number of aryl methyl sites for hydroxylation is 2. The summed E-state index contributed by atoms with van der Waals surface area (Å²) in [4.78, 5) is 21.0. The number of rotatable bonds is 0. The molecule has 0 spiro atoms. The van der Waals surface area contributed by atoms with Gasteiger partial charge in [-0.1, -0.05) is 13.8 Å². The second-order valence-electron chi connectivity index (χ2n) is 6.11. The number of hydrogen-bond donors (Lipinski definition) is 0. The maximum Gasteiger partial charge on any atom is 0.136 e. The molecule has 1 aromatic rings. The molecule has 0 aromatic carbocycles. The molecule has 1 saturated carbocycles. The minimum atomic E-state index is 0.0780. The van der Waals surface area contributed by atoms with Crippen molar-refractivity contribution in [3.05, 3.63) is 23.3 Å². The van der Waals surface area contributed by atoms with E-state index in [9.17, 15) is 4.79 Å². The van der Waals surface area contributed by atoms with Gasteiger partial charge in [-0.3, -0.25) is 4.79 Å². The summed E-state index contributed by atoms with van der Waals surface area (Å²) in [6.07, 6.45) is 5.76. The molecule has 0 saturated heterocycles. The first-order valence-corrected chi connectivity index (χ1v) is 6.88. The van der Waals surface area contributed by atoms with Gasteiger partial charge in [-0.05, 0) is 37.7 Å². The van der Waals surface area contributed by atoms with Crippen LogP contribution in [0.5, 0.6) is 0 Å². The second kappa shape index (κ2) is 3.87. The molecule has 0 N–H and O–H groups in total. The number of hydrogen-bond acceptors (Lipinski definition) is 3. The van der Waals surface area contributed by atoms with Gasteiger partial charge in [0.15, 0.2) is 0 Å². The fourth-order valence-electron chi connectivity index (χ4n) is 3.92. The predicted molar refractivity (Wildman–Crippen MR) is 69.3 cm³/mol. The highest BCUT2D eigenvalue weighted by Crippen LogP contribution is 2.50. The summed E-state index contributed by atoms with van der Waals surface area (Å²) in [6, 6.07) is 0. The van der Waals surface area contributed by atoms with Crippen molar-refractivity contribution < 1.29 is 4.79 Å². The van der Waals surface area contributed by atoms with Crippen molar-refractivity contribution in [3.8, 4) is 0 Å². The van der Waals surface area contributed by atoms with Gasteiger partial charge < -0.3 is 0 Å². The molecular weight excluding hydrogens is 224 g/mol. The van der Waals surface area contributed by atoms with Crippen molar-refractivity contribution in [2.24, 2.45) is 11.8 Å². The minimum absolute atomic E-state index is 0.0780. The van der Waals surface area contributed by atoms with Crippen LogP contribution in [0.2, 0.25) is 0 Å². The van der Waals surface area contributed by atoms with Gasteiger partial charge in [0.1, 0.15) is 11.6 Å². The lowest BCUT2D eigenvalue weighted by molar-refractivity contribution is -0.128. The third-order valence-electron chi connectivity index (χ3n) is 5.07. The quantitative estimate of drug-likeness (QED) is 0.704. The molecular formula is C15H20N2O. The Balaban J connectivity index is 2.11. The van der Waals surface area contributed by atoms with Crippen LogP contribution >= 0.6 is 0 Å². The molecule has 0 amide bonds. The molecule has 1 aromatic heterocycles. The Hall–Kier alpha value is -1.25. The monoisotopic (exact) mass is 244 g/mol. The average Bonchev–Trinajstić information content (AvgIpc) is 2.35. The van der Waals surface area contributed by atoms with Crippen LogP contribution in [0.3, 0.4) is 0 Å². The van der Waals surface area contributed by atoms with E-state index in [0.29, 0.717) is 18.1 Å². The minimum Gasteiger partial charge on any atom is -0.299 e. The zero-order chi connectivity index (χ0) is 12.9. The average molecular weight is 244 g/mol. The molecule has 3 nitrogen and oxygen atoms in total. The van der Waals surface area contributed by atoms with Gasteiger partial charge in [0.25, 0.3) is 0 Å². The van der Waals surface area contributed by atoms with E-state index in [2.05, 4.69) is 18.8 Å². The number of fused-ring (bicyclic) bond motifs is 3. The van der Waals surface area contributed by atoms with Crippen molar-refractivity contribution >= 4 is 5.78 Å². The Kier molecular flexibility index (Phi) is 2.54. The Morgan fingerprint density at radius 3 is 2.94 bits per heavy atom. The fourth-order valence-corrected chi connectivity index (χ4v) is 3.92. The number of carbonyl (C=O) groups is 1. The number of carbonyl (C=O) groups excluding carboxylic acids is 1. The van der Waals surface area contributed by atoms with Crippen LogP contribution < -0.4 is 0 Å². The number of nitrogens with zero attached hydrogens (tertiary/aromatic N) is 2. The van der Waals surface area contributed by atoms with Gasteiger partial charge in [0.2, 0.25) is 0 Å². The zero-order valence-electron chi connectivity index (χ0n) is 11.4. The molecule has 1 fully saturated rings. The van der Waals surface area contributed by atoms with Gasteiger partial charge in [-0.25, -0.2) is 9.97 Å². The maximum absolute atomic E-state index is 11.9. The number of aromatic nitrogens is 2. The fraction of sp³-hybridized carbons (Fsp3) is 0.667. The highest BCUT2D eigenvalue weighted by atomic mass is 16.1. The van der Waals surface area contributed by atoms with Crippen molar-refractivity contribution in [2.75, 3.05) is 0 Å². The summed E-state index contributed by atoms with van der Waals surface area (Å²) >= 11 is 0. The molecule has 0 aliphatic heterocycles. The van der Waals surface area contributed by atoms with E-state index in [0.717, 1.165) is 25.1 Å². The molecule has 3 atom stereocenters. The molecule has 3 heteroatoms. The van der Waals surface area contributed by atoms with Crippen LogP contribution in [-0.2, 0) is 16.6 Å². The first kappa shape index (κ1) is 11.8. The standard InChI is InChI=1S/C15H20N2O/c1-9-12-5-4-11-8-16-10(2)17-14(11)15(12,3)7-6-13(9)18/h8-9,12H,4-7H2,1-3H3/t9-,12-,15-/m0/s1. The van der Waals surface area contributed by atoms with E-state index < -0.39 is 0 Å². The van der Waals surface area contributed by atoms with Crippen molar-refractivity contribution in [2.45, 2.75) is 51.9 Å². The first-order chi connectivity index (χ1) is 8.52. The van der Waals surface area contributed by atoms with Crippen molar-refractivity contribution in [1.82, 2.24) is 9.97 Å². The largest absolute Gasteiger partial charge is 0.299 e. The third-order valence-corrected chi connectivity index (χ3v) is 5.07. The van der Waals surface area contributed by atoms with E-state index in [-0.39, 0.29) is 11.3 Å². The zero-order valence-corrected chi connectivity index (χ0v) is 11.4. The van der Waals surface area contributed by atoms with Crippen LogP contribution in [0.4, 0.5) is 0 Å². The highest BCUT2D eigenvalue weighted by molar-refractivity contribution is 5.82. The van der Waals surface area contributed by atoms with E-state index in [1.807, 2.05) is 13.1 Å². The molecule has 1 heterocycles. The smallest absolute Gasteiger partial charge is 0.136 e. The van der Waals surface area contributed by atoms with E-state index >= 15 is 0 Å². The molecule has 3 rings (SSSR count). The topological polar surface area (TPSA) is 42.9 Å². The Morgan fingerprint density at radius 1 is 1.39 bits per heavy atom. The summed E-state index contributed by atoms with van der Waals surface area (Å²) in [7, 11) is 0. The second-order valence-corrected chi connectivity index (χ2v) is 6.11. The summed E-state index contributed by atoms with van der Waals surface area (Å²) in [5.41, 5.74) is 2.58. The van der Waals surface area contributed by atoms with Crippen molar-refractivity contribution in [1.29, 1.82) is 0 Å². The lowest BCUT2D eigenvalue weighted by atomic mass is 9.56. The molecule has 96 valence electrons. The SMILES string of the molecule is Cc1ncc2c(n1)[C@@]1(C)CCC(=O)[C@@H](C)[C@@H]1CC2. The summed E-state index contributed by atoms with van der Waals surface area (Å²) in [5, 5.41) is 0. The Bertz CT molecular complexity index is 511. The van der Waals surface area contributed by atoms with Gasteiger partial charge >= 0.3 is 0 Å². The first-order valence-electron chi connectivity index (χ1n) is 6.88. The molecule has 2 aliphatic rings. The van der Waals surface area contributed by atoms with Crippen LogP contribution in [0.1, 0.15) is 50.2 Å². The lowest BCUT2D eigenvalue weighted by Gasteiger charge is -2.47. The van der Waals surface area contributed by atoms with E-state index in [1.165, 1.54) is 11.3 Å². The molecule has 2 aliphatic carbocycles. The predicted octanol–water partition coefficient (Wildman–Crippen LogP) is 2.60. The lowest BCUT2D eigenvalue weighted by Crippen LogP contribution is -2.47. The Labute approximate surface area is 108 Å². The summed E-state index contributed by atoms with van der Waals surface area (Å²) < 4.78 is 0. The molecule has 18 heavy (non-hydrogen) atoms. The van der Waals surface area contributed by atoms with Crippen LogP contribution in [0.15, 0.2) is 6.20 Å². The van der Waals surface area contributed by atoms with E-state index in [4.69, 9.17) is 4.98 Å².